The molecule has 7 heteroatoms. The number of carbonyl (C=O) groups is 2. The van der Waals surface area contributed by atoms with Crippen LogP contribution < -0.4 is 5.32 Å². The van der Waals surface area contributed by atoms with Crippen LogP contribution in [0.15, 0.2) is 54.7 Å². The molecule has 1 saturated heterocycles. The molecule has 27 heavy (non-hydrogen) atoms. The second kappa shape index (κ2) is 9.14. The number of amides is 2. The van der Waals surface area contributed by atoms with Crippen LogP contribution in [-0.2, 0) is 16.0 Å². The van der Waals surface area contributed by atoms with Gasteiger partial charge in [0, 0.05) is 12.7 Å². The fourth-order valence-electron chi connectivity index (χ4n) is 3.06. The van der Waals surface area contributed by atoms with Gasteiger partial charge in [0.1, 0.15) is 0 Å². The molecule has 7 nitrogen and oxygen atoms in total. The largest absolute Gasteiger partial charge is 0.479 e. The van der Waals surface area contributed by atoms with Crippen LogP contribution >= 0.6 is 0 Å². The van der Waals surface area contributed by atoms with Gasteiger partial charge in [-0.05, 0) is 30.5 Å². The summed E-state index contributed by atoms with van der Waals surface area (Å²) in [5.74, 6) is -1.06. The highest BCUT2D eigenvalue weighted by molar-refractivity contribution is 5.77. The van der Waals surface area contributed by atoms with Gasteiger partial charge in [0.25, 0.3) is 0 Å². The third-order valence-electron chi connectivity index (χ3n) is 4.54. The van der Waals surface area contributed by atoms with Crippen LogP contribution in [0, 0.1) is 0 Å². The molecule has 1 aliphatic rings. The van der Waals surface area contributed by atoms with E-state index in [1.807, 2.05) is 36.4 Å². The summed E-state index contributed by atoms with van der Waals surface area (Å²) in [4.78, 5) is 29.7. The number of rotatable bonds is 6. The second-order valence-electron chi connectivity index (χ2n) is 6.42. The van der Waals surface area contributed by atoms with Crippen molar-refractivity contribution in [1.82, 2.24) is 15.2 Å². The van der Waals surface area contributed by atoms with E-state index in [1.165, 1.54) is 10.5 Å². The average Bonchev–Trinajstić information content (AvgIpc) is 2.72. The Hall–Kier alpha value is -2.93. The van der Waals surface area contributed by atoms with E-state index in [-0.39, 0.29) is 25.2 Å². The number of nitrogens with one attached hydrogen (secondary N) is 1. The summed E-state index contributed by atoms with van der Waals surface area (Å²) < 4.78 is 5.18. The number of benzene rings is 1. The van der Waals surface area contributed by atoms with Crippen molar-refractivity contribution in [2.75, 3.05) is 19.7 Å². The van der Waals surface area contributed by atoms with Crippen molar-refractivity contribution in [2.24, 2.45) is 0 Å². The molecule has 0 saturated carbocycles. The number of hydrogen-bond acceptors (Lipinski definition) is 4. The molecule has 2 unspecified atom stereocenters. The fraction of sp³-hybridized carbons (Fsp3) is 0.350. The minimum atomic E-state index is -1.06. The quantitative estimate of drug-likeness (QED) is 0.815. The van der Waals surface area contributed by atoms with Crippen molar-refractivity contribution < 1.29 is 19.4 Å². The van der Waals surface area contributed by atoms with Gasteiger partial charge in [-0.15, -0.1) is 0 Å². The maximum absolute atomic E-state index is 12.7. The molecule has 142 valence electrons. The van der Waals surface area contributed by atoms with Crippen LogP contribution in [0.3, 0.4) is 0 Å². The first kappa shape index (κ1) is 18.8. The Bertz CT molecular complexity index is 754. The third kappa shape index (κ3) is 5.27. The smallest absolute Gasteiger partial charge is 0.334 e. The first-order chi connectivity index (χ1) is 13.1. The molecule has 2 amide bonds. The minimum absolute atomic E-state index is 0.0365. The number of aromatic nitrogens is 1. The fourth-order valence-corrected chi connectivity index (χ4v) is 3.06. The zero-order valence-electron chi connectivity index (χ0n) is 15.0. The number of carboxylic acid groups (broad SMARTS) is 1. The second-order valence-corrected chi connectivity index (χ2v) is 6.42. The molecule has 2 N–H and O–H groups in total. The zero-order valence-corrected chi connectivity index (χ0v) is 15.0. The van der Waals surface area contributed by atoms with E-state index in [4.69, 9.17) is 9.84 Å². The lowest BCUT2D eigenvalue weighted by atomic mass is 10.0. The number of carboxylic acids is 1. The van der Waals surface area contributed by atoms with Gasteiger partial charge in [0.15, 0.2) is 6.10 Å². The molecule has 2 atom stereocenters. The average molecular weight is 369 g/mol. The predicted octanol–water partition coefficient (Wildman–Crippen LogP) is 2.25. The Morgan fingerprint density at radius 2 is 2.00 bits per heavy atom. The number of morpholine rings is 1. The molecule has 1 aromatic carbocycles. The van der Waals surface area contributed by atoms with Crippen molar-refractivity contribution >= 4 is 12.0 Å². The molecule has 0 spiro atoms. The SMILES string of the molecule is O=C(O)C1CN(C(=O)NC(CCc2ccccc2)c2ccccn2)CCO1. The molecule has 0 bridgehead atoms. The maximum atomic E-state index is 12.7. The van der Waals surface area contributed by atoms with Crippen LogP contribution in [-0.4, -0.2) is 52.8 Å². The molecule has 0 aliphatic carbocycles. The van der Waals surface area contributed by atoms with Gasteiger partial charge in [-0.3, -0.25) is 4.98 Å². The van der Waals surface area contributed by atoms with E-state index < -0.39 is 12.1 Å². The first-order valence-corrected chi connectivity index (χ1v) is 8.98. The number of nitrogens with zero attached hydrogens (tertiary/aromatic N) is 2. The molecule has 2 aromatic rings. The van der Waals surface area contributed by atoms with Crippen molar-refractivity contribution in [3.8, 4) is 0 Å². The van der Waals surface area contributed by atoms with Gasteiger partial charge >= 0.3 is 12.0 Å². The van der Waals surface area contributed by atoms with Gasteiger partial charge in [-0.1, -0.05) is 36.4 Å². The van der Waals surface area contributed by atoms with Gasteiger partial charge in [0.2, 0.25) is 0 Å². The van der Waals surface area contributed by atoms with Gasteiger partial charge in [-0.2, -0.15) is 0 Å². The summed E-state index contributed by atoms with van der Waals surface area (Å²) in [5.41, 5.74) is 1.97. The number of hydrogen-bond donors (Lipinski definition) is 2. The van der Waals surface area contributed by atoms with E-state index in [9.17, 15) is 9.59 Å². The van der Waals surface area contributed by atoms with Crippen LogP contribution in [0.4, 0.5) is 4.79 Å². The highest BCUT2D eigenvalue weighted by Gasteiger charge is 2.30. The minimum Gasteiger partial charge on any atom is -0.479 e. The molecule has 2 heterocycles. The van der Waals surface area contributed by atoms with E-state index in [0.29, 0.717) is 13.0 Å². The zero-order chi connectivity index (χ0) is 19.1. The van der Waals surface area contributed by atoms with E-state index >= 15 is 0 Å². The molecule has 1 fully saturated rings. The Morgan fingerprint density at radius 3 is 2.70 bits per heavy atom. The lowest BCUT2D eigenvalue weighted by Crippen LogP contribution is -2.52. The van der Waals surface area contributed by atoms with Crippen molar-refractivity contribution in [2.45, 2.75) is 25.0 Å². The predicted molar refractivity (Wildman–Crippen MR) is 99.2 cm³/mol. The molecule has 0 radical (unpaired) electrons. The Balaban J connectivity index is 1.67. The standard InChI is InChI=1S/C20H23N3O4/c24-19(25)18-14-23(12-13-27-18)20(26)22-17(16-8-4-5-11-21-16)10-9-15-6-2-1-3-7-15/h1-8,11,17-18H,9-10,12-14H2,(H,22,26)(H,24,25). The Kier molecular flexibility index (Phi) is 6.38. The normalized spacial score (nSPS) is 17.9. The summed E-state index contributed by atoms with van der Waals surface area (Å²) in [7, 11) is 0. The molecular weight excluding hydrogens is 346 g/mol. The number of carbonyl (C=O) groups excluding carboxylic acids is 1. The van der Waals surface area contributed by atoms with Gasteiger partial charge in [0.05, 0.1) is 24.9 Å². The Morgan fingerprint density at radius 1 is 1.22 bits per heavy atom. The van der Waals surface area contributed by atoms with Crippen LogP contribution in [0.25, 0.3) is 0 Å². The van der Waals surface area contributed by atoms with E-state index in [2.05, 4.69) is 22.4 Å². The molecule has 1 aliphatic heterocycles. The Labute approximate surface area is 158 Å². The topological polar surface area (TPSA) is 91.8 Å². The summed E-state index contributed by atoms with van der Waals surface area (Å²) in [5, 5.41) is 12.1. The van der Waals surface area contributed by atoms with Crippen molar-refractivity contribution in [1.29, 1.82) is 0 Å². The summed E-state index contributed by atoms with van der Waals surface area (Å²) in [6.45, 7) is 0.612. The van der Waals surface area contributed by atoms with Crippen LogP contribution in [0.5, 0.6) is 0 Å². The van der Waals surface area contributed by atoms with Crippen LogP contribution in [0.2, 0.25) is 0 Å². The number of urea groups is 1. The van der Waals surface area contributed by atoms with E-state index in [0.717, 1.165) is 12.1 Å². The summed E-state index contributed by atoms with van der Waals surface area (Å²) in [6, 6.07) is 15.1. The lowest BCUT2D eigenvalue weighted by molar-refractivity contribution is -0.154. The third-order valence-corrected chi connectivity index (χ3v) is 4.54. The molecule has 1 aromatic heterocycles. The van der Waals surface area contributed by atoms with E-state index in [1.54, 1.807) is 6.20 Å². The lowest BCUT2D eigenvalue weighted by Gasteiger charge is -2.32. The number of aryl methyl sites for hydroxylation is 1. The highest BCUT2D eigenvalue weighted by Crippen LogP contribution is 2.18. The molecular formula is C20H23N3O4. The first-order valence-electron chi connectivity index (χ1n) is 8.98. The number of aliphatic carboxylic acids is 1. The van der Waals surface area contributed by atoms with Crippen molar-refractivity contribution in [3.63, 3.8) is 0 Å². The maximum Gasteiger partial charge on any atom is 0.334 e. The van der Waals surface area contributed by atoms with Gasteiger partial charge in [-0.25, -0.2) is 9.59 Å². The summed E-state index contributed by atoms with van der Waals surface area (Å²) in [6.07, 6.45) is 2.21. The molecule has 3 rings (SSSR count). The monoisotopic (exact) mass is 369 g/mol. The number of ether oxygens (including phenoxy) is 1. The van der Waals surface area contributed by atoms with Gasteiger partial charge < -0.3 is 20.1 Å². The summed E-state index contributed by atoms with van der Waals surface area (Å²) >= 11 is 0. The number of pyridine rings is 1. The van der Waals surface area contributed by atoms with Crippen molar-refractivity contribution in [3.05, 3.63) is 66.0 Å². The van der Waals surface area contributed by atoms with Crippen LogP contribution in [0.1, 0.15) is 23.7 Å². The highest BCUT2D eigenvalue weighted by atomic mass is 16.5.